The fourth-order valence-electron chi connectivity index (χ4n) is 5.85. The van der Waals surface area contributed by atoms with Gasteiger partial charge in [-0.15, -0.1) is 0 Å². The number of fused-ring (bicyclic) bond motifs is 1. The summed E-state index contributed by atoms with van der Waals surface area (Å²) in [5, 5.41) is 11.6. The van der Waals surface area contributed by atoms with E-state index in [-0.39, 0.29) is 17.9 Å². The van der Waals surface area contributed by atoms with Crippen LogP contribution in [-0.2, 0) is 4.79 Å². The largest absolute Gasteiger partial charge is 0.497 e. The quantitative estimate of drug-likeness (QED) is 0.517. The molecule has 1 heterocycles. The summed E-state index contributed by atoms with van der Waals surface area (Å²) in [6.45, 7) is 0.441. The van der Waals surface area contributed by atoms with Crippen molar-refractivity contribution in [2.45, 2.75) is 43.7 Å². The van der Waals surface area contributed by atoms with E-state index in [0.29, 0.717) is 41.7 Å². The molecular formula is C29H37NO7. The Balaban J connectivity index is 1.72. The first-order chi connectivity index (χ1) is 17.9. The van der Waals surface area contributed by atoms with Crippen molar-refractivity contribution < 1.29 is 33.6 Å². The third-order valence-electron chi connectivity index (χ3n) is 7.71. The number of carbonyl (C=O) groups is 1. The zero-order valence-electron chi connectivity index (χ0n) is 22.3. The zero-order chi connectivity index (χ0) is 26.6. The molecule has 37 heavy (non-hydrogen) atoms. The second-order valence-electron chi connectivity index (χ2n) is 9.58. The van der Waals surface area contributed by atoms with Gasteiger partial charge in [0, 0.05) is 24.1 Å². The lowest BCUT2D eigenvalue weighted by atomic mass is 9.66. The average molecular weight is 512 g/mol. The Morgan fingerprint density at radius 3 is 2.24 bits per heavy atom. The number of carbonyl (C=O) groups excluding carboxylic acids is 1. The SMILES string of the molecule is COc1ccc(OC)c([C@@H]2[C@H]3CCCC[C@]3(O)CCN2C(=O)C=Cc2cc(OC)c(OC)c(OC)c2)c1. The maximum absolute atomic E-state index is 13.7. The van der Waals surface area contributed by atoms with E-state index in [4.69, 9.17) is 23.7 Å². The van der Waals surface area contributed by atoms with Gasteiger partial charge in [-0.1, -0.05) is 12.8 Å². The second kappa shape index (κ2) is 11.3. The van der Waals surface area contributed by atoms with Gasteiger partial charge in [0.15, 0.2) is 11.5 Å². The lowest BCUT2D eigenvalue weighted by molar-refractivity contribution is -0.151. The number of aliphatic hydroxyl groups is 1. The van der Waals surface area contributed by atoms with Gasteiger partial charge in [0.05, 0.1) is 47.2 Å². The minimum Gasteiger partial charge on any atom is -0.497 e. The van der Waals surface area contributed by atoms with Crippen LogP contribution in [0.25, 0.3) is 6.08 Å². The predicted octanol–water partition coefficient (Wildman–Crippen LogP) is 4.64. The molecule has 8 heteroatoms. The topological polar surface area (TPSA) is 86.7 Å². The van der Waals surface area contributed by atoms with E-state index in [9.17, 15) is 9.90 Å². The van der Waals surface area contributed by atoms with Gasteiger partial charge < -0.3 is 33.7 Å². The number of ether oxygens (including phenoxy) is 5. The summed E-state index contributed by atoms with van der Waals surface area (Å²) in [5.74, 6) is 2.63. The molecule has 2 aromatic carbocycles. The molecule has 1 aliphatic carbocycles. The fraction of sp³-hybridized carbons (Fsp3) is 0.483. The van der Waals surface area contributed by atoms with Crippen LogP contribution in [0.15, 0.2) is 36.4 Å². The minimum absolute atomic E-state index is 0.102. The maximum Gasteiger partial charge on any atom is 0.247 e. The summed E-state index contributed by atoms with van der Waals surface area (Å²) in [5.41, 5.74) is 0.778. The Bertz CT molecular complexity index is 1120. The van der Waals surface area contributed by atoms with Gasteiger partial charge in [0.2, 0.25) is 11.7 Å². The molecule has 8 nitrogen and oxygen atoms in total. The number of rotatable bonds is 8. The number of methoxy groups -OCH3 is 5. The summed E-state index contributed by atoms with van der Waals surface area (Å²) >= 11 is 0. The monoisotopic (exact) mass is 511 g/mol. The molecule has 1 aliphatic heterocycles. The maximum atomic E-state index is 13.7. The van der Waals surface area contributed by atoms with Gasteiger partial charge in [-0.2, -0.15) is 0 Å². The standard InChI is InChI=1S/C29H37NO7/c1-33-20-10-11-23(34-2)21(18-20)27-22-8-6-7-13-29(22,32)14-15-30(27)26(31)12-9-19-16-24(35-3)28(37-5)25(17-19)36-4/h9-12,16-18,22,27,32H,6-8,13-15H2,1-5H3/t22-,27-,29+/m1/s1. The Kier molecular flexibility index (Phi) is 8.17. The molecular weight excluding hydrogens is 474 g/mol. The number of amides is 1. The Morgan fingerprint density at radius 2 is 1.62 bits per heavy atom. The summed E-state index contributed by atoms with van der Waals surface area (Å²) < 4.78 is 27.5. The van der Waals surface area contributed by atoms with Crippen molar-refractivity contribution in [3.63, 3.8) is 0 Å². The van der Waals surface area contributed by atoms with Gasteiger partial charge >= 0.3 is 0 Å². The number of hydrogen-bond acceptors (Lipinski definition) is 7. The molecule has 2 aromatic rings. The van der Waals surface area contributed by atoms with Crippen LogP contribution in [0.1, 0.15) is 49.3 Å². The van der Waals surface area contributed by atoms with E-state index in [1.165, 1.54) is 0 Å². The molecule has 1 saturated carbocycles. The summed E-state index contributed by atoms with van der Waals surface area (Å²) in [6.07, 6.45) is 7.43. The first kappa shape index (κ1) is 26.7. The molecule has 0 aromatic heterocycles. The molecule has 4 rings (SSSR count). The number of benzene rings is 2. The van der Waals surface area contributed by atoms with Crippen LogP contribution in [0.3, 0.4) is 0 Å². The molecule has 1 amide bonds. The molecule has 0 radical (unpaired) electrons. The summed E-state index contributed by atoms with van der Waals surface area (Å²) in [7, 11) is 7.90. The van der Waals surface area contributed by atoms with Crippen molar-refractivity contribution >= 4 is 12.0 Å². The lowest BCUT2D eigenvalue weighted by Gasteiger charge is -2.52. The average Bonchev–Trinajstić information content (AvgIpc) is 2.93. The highest BCUT2D eigenvalue weighted by atomic mass is 16.5. The van der Waals surface area contributed by atoms with Crippen LogP contribution < -0.4 is 23.7 Å². The van der Waals surface area contributed by atoms with E-state index >= 15 is 0 Å². The van der Waals surface area contributed by atoms with Crippen molar-refractivity contribution in [2.75, 3.05) is 42.1 Å². The van der Waals surface area contributed by atoms with Crippen LogP contribution in [-0.4, -0.2) is 63.6 Å². The summed E-state index contributed by atoms with van der Waals surface area (Å²) in [6, 6.07) is 8.87. The summed E-state index contributed by atoms with van der Waals surface area (Å²) in [4.78, 5) is 15.6. The van der Waals surface area contributed by atoms with Crippen molar-refractivity contribution in [3.8, 4) is 28.7 Å². The van der Waals surface area contributed by atoms with Crippen molar-refractivity contribution in [3.05, 3.63) is 47.5 Å². The number of hydrogen-bond donors (Lipinski definition) is 1. The Labute approximate surface area is 218 Å². The van der Waals surface area contributed by atoms with Crippen molar-refractivity contribution in [1.82, 2.24) is 4.90 Å². The Morgan fingerprint density at radius 1 is 0.919 bits per heavy atom. The molecule has 2 fully saturated rings. The predicted molar refractivity (Wildman–Crippen MR) is 141 cm³/mol. The molecule has 1 saturated heterocycles. The molecule has 0 spiro atoms. The van der Waals surface area contributed by atoms with Crippen LogP contribution in [0.4, 0.5) is 0 Å². The van der Waals surface area contributed by atoms with E-state index in [2.05, 4.69) is 0 Å². The Hall–Kier alpha value is -3.39. The van der Waals surface area contributed by atoms with Crippen molar-refractivity contribution in [2.24, 2.45) is 5.92 Å². The fourth-order valence-corrected chi connectivity index (χ4v) is 5.85. The zero-order valence-corrected chi connectivity index (χ0v) is 22.3. The molecule has 0 bridgehead atoms. The smallest absolute Gasteiger partial charge is 0.247 e. The number of likely N-dealkylation sites (tertiary alicyclic amines) is 1. The first-order valence-corrected chi connectivity index (χ1v) is 12.6. The van der Waals surface area contributed by atoms with Crippen LogP contribution in [0.5, 0.6) is 28.7 Å². The van der Waals surface area contributed by atoms with Gasteiger partial charge in [-0.05, 0) is 61.2 Å². The number of nitrogens with zero attached hydrogens (tertiary/aromatic N) is 1. The second-order valence-corrected chi connectivity index (χ2v) is 9.58. The minimum atomic E-state index is -0.811. The lowest BCUT2D eigenvalue weighted by Crippen LogP contribution is -2.56. The number of piperidine rings is 1. The van der Waals surface area contributed by atoms with Crippen LogP contribution >= 0.6 is 0 Å². The van der Waals surface area contributed by atoms with E-state index in [0.717, 1.165) is 36.8 Å². The highest BCUT2D eigenvalue weighted by Crippen LogP contribution is 2.51. The normalized spacial score (nSPS) is 23.4. The van der Waals surface area contributed by atoms with Crippen LogP contribution in [0.2, 0.25) is 0 Å². The molecule has 1 N–H and O–H groups in total. The highest BCUT2D eigenvalue weighted by molar-refractivity contribution is 5.92. The third kappa shape index (κ3) is 5.21. The van der Waals surface area contributed by atoms with Gasteiger partial charge in [0.25, 0.3) is 0 Å². The first-order valence-electron chi connectivity index (χ1n) is 12.6. The third-order valence-corrected chi connectivity index (χ3v) is 7.71. The van der Waals surface area contributed by atoms with E-state index in [1.807, 2.05) is 23.1 Å². The van der Waals surface area contributed by atoms with Crippen LogP contribution in [0, 0.1) is 5.92 Å². The molecule has 0 unspecified atom stereocenters. The van der Waals surface area contributed by atoms with E-state index in [1.54, 1.807) is 59.8 Å². The highest BCUT2D eigenvalue weighted by Gasteiger charge is 2.50. The van der Waals surface area contributed by atoms with E-state index < -0.39 is 5.60 Å². The molecule has 2 aliphatic rings. The van der Waals surface area contributed by atoms with Crippen molar-refractivity contribution in [1.29, 1.82) is 0 Å². The van der Waals surface area contributed by atoms with Gasteiger partial charge in [-0.3, -0.25) is 4.79 Å². The molecule has 200 valence electrons. The molecule has 3 atom stereocenters. The van der Waals surface area contributed by atoms with Gasteiger partial charge in [0.1, 0.15) is 11.5 Å². The van der Waals surface area contributed by atoms with Gasteiger partial charge in [-0.25, -0.2) is 0 Å².